The molecule has 7 heteroatoms. The van der Waals surface area contributed by atoms with Crippen LogP contribution in [0.4, 0.5) is 17.3 Å². The fourth-order valence-corrected chi connectivity index (χ4v) is 2.40. The second kappa shape index (κ2) is 5.40. The Kier molecular flexibility index (Phi) is 3.84. The Morgan fingerprint density at radius 2 is 2.16 bits per heavy atom. The van der Waals surface area contributed by atoms with Crippen LogP contribution in [0.5, 0.6) is 0 Å². The zero-order valence-electron chi connectivity index (χ0n) is 11.0. The molecule has 0 aromatic carbocycles. The van der Waals surface area contributed by atoms with Crippen molar-refractivity contribution >= 4 is 17.3 Å². The van der Waals surface area contributed by atoms with Crippen LogP contribution >= 0.6 is 0 Å². The van der Waals surface area contributed by atoms with Crippen LogP contribution in [-0.2, 0) is 0 Å². The Balaban J connectivity index is 2.11. The van der Waals surface area contributed by atoms with Gasteiger partial charge in [0, 0.05) is 6.54 Å². The number of nitrogens with two attached hydrogens (primary N) is 1. The first-order valence-corrected chi connectivity index (χ1v) is 6.45. The van der Waals surface area contributed by atoms with E-state index >= 15 is 0 Å². The summed E-state index contributed by atoms with van der Waals surface area (Å²) in [5, 5.41) is 14.0. The van der Waals surface area contributed by atoms with E-state index in [0.717, 1.165) is 13.0 Å². The lowest BCUT2D eigenvalue weighted by molar-refractivity contribution is -0.384. The Bertz CT molecular complexity index is 468. The van der Waals surface area contributed by atoms with E-state index in [4.69, 9.17) is 5.84 Å². The molecule has 1 fully saturated rings. The molecule has 0 aliphatic heterocycles. The molecule has 1 aliphatic rings. The largest absolute Gasteiger partial charge is 0.369 e. The summed E-state index contributed by atoms with van der Waals surface area (Å²) in [7, 11) is 0. The minimum Gasteiger partial charge on any atom is -0.369 e. The first-order valence-electron chi connectivity index (χ1n) is 6.45. The number of pyridine rings is 1. The van der Waals surface area contributed by atoms with Gasteiger partial charge in [-0.2, -0.15) is 0 Å². The zero-order valence-corrected chi connectivity index (χ0v) is 11.0. The van der Waals surface area contributed by atoms with Gasteiger partial charge in [-0.1, -0.05) is 13.3 Å². The van der Waals surface area contributed by atoms with Gasteiger partial charge >= 0.3 is 0 Å². The molecule has 7 nitrogen and oxygen atoms in total. The maximum atomic E-state index is 10.8. The molecule has 1 aromatic heterocycles. The molecule has 0 spiro atoms. The summed E-state index contributed by atoms with van der Waals surface area (Å²) in [6.07, 6.45) is 4.77. The van der Waals surface area contributed by atoms with E-state index in [1.165, 1.54) is 31.4 Å². The Hall–Kier alpha value is -1.89. The van der Waals surface area contributed by atoms with Crippen molar-refractivity contribution in [3.8, 4) is 0 Å². The van der Waals surface area contributed by atoms with E-state index in [2.05, 4.69) is 22.7 Å². The topological polar surface area (TPSA) is 106 Å². The number of nitrogen functional groups attached to an aromatic ring is 1. The SMILES string of the molecule is CCC1(CNc2cc([N+](=O)[O-])cc(NN)n2)CCC1. The fourth-order valence-electron chi connectivity index (χ4n) is 2.40. The normalized spacial score (nSPS) is 16.5. The van der Waals surface area contributed by atoms with Crippen LogP contribution in [0.1, 0.15) is 32.6 Å². The van der Waals surface area contributed by atoms with Crippen LogP contribution in [0, 0.1) is 15.5 Å². The van der Waals surface area contributed by atoms with Gasteiger partial charge in [0.25, 0.3) is 5.69 Å². The van der Waals surface area contributed by atoms with Gasteiger partial charge in [-0.3, -0.25) is 10.1 Å². The quantitative estimate of drug-likeness (QED) is 0.414. The van der Waals surface area contributed by atoms with Gasteiger partial charge in [-0.15, -0.1) is 0 Å². The van der Waals surface area contributed by atoms with Crippen molar-refractivity contribution in [2.45, 2.75) is 32.6 Å². The van der Waals surface area contributed by atoms with Gasteiger partial charge in [-0.05, 0) is 24.7 Å². The number of nitrogens with one attached hydrogen (secondary N) is 2. The molecule has 0 bridgehead atoms. The number of anilines is 2. The molecule has 104 valence electrons. The lowest BCUT2D eigenvalue weighted by Crippen LogP contribution is -2.36. The third-order valence-corrected chi connectivity index (χ3v) is 3.98. The predicted molar refractivity (Wildman–Crippen MR) is 73.8 cm³/mol. The minimum atomic E-state index is -0.452. The number of hydrogen-bond acceptors (Lipinski definition) is 6. The van der Waals surface area contributed by atoms with Crippen molar-refractivity contribution < 1.29 is 4.92 Å². The first-order chi connectivity index (χ1) is 9.08. The Labute approximate surface area is 111 Å². The van der Waals surface area contributed by atoms with E-state index in [1.807, 2.05) is 0 Å². The molecule has 0 radical (unpaired) electrons. The van der Waals surface area contributed by atoms with Crippen molar-refractivity contribution in [3.05, 3.63) is 22.2 Å². The second-order valence-corrected chi connectivity index (χ2v) is 5.06. The van der Waals surface area contributed by atoms with Crippen LogP contribution < -0.4 is 16.6 Å². The fraction of sp³-hybridized carbons (Fsp3) is 0.583. The van der Waals surface area contributed by atoms with Crippen molar-refractivity contribution in [2.24, 2.45) is 11.3 Å². The van der Waals surface area contributed by atoms with Gasteiger partial charge in [0.05, 0.1) is 17.1 Å². The van der Waals surface area contributed by atoms with Crippen LogP contribution in [0.2, 0.25) is 0 Å². The summed E-state index contributed by atoms with van der Waals surface area (Å²) in [4.78, 5) is 14.6. The molecular formula is C12H19N5O2. The molecule has 0 saturated heterocycles. The first kappa shape index (κ1) is 13.5. The molecule has 0 amide bonds. The highest BCUT2D eigenvalue weighted by Crippen LogP contribution is 2.43. The average Bonchev–Trinajstić information content (AvgIpc) is 2.37. The highest BCUT2D eigenvalue weighted by molar-refractivity contribution is 5.54. The van der Waals surface area contributed by atoms with E-state index in [1.54, 1.807) is 0 Å². The van der Waals surface area contributed by atoms with Crippen LogP contribution in [0.15, 0.2) is 12.1 Å². The summed E-state index contributed by atoms with van der Waals surface area (Å²) in [5.41, 5.74) is 2.64. The highest BCUT2D eigenvalue weighted by atomic mass is 16.6. The number of nitrogens with zero attached hydrogens (tertiary/aromatic N) is 2. The van der Waals surface area contributed by atoms with Crippen LogP contribution in [-0.4, -0.2) is 16.5 Å². The highest BCUT2D eigenvalue weighted by Gasteiger charge is 2.34. The van der Waals surface area contributed by atoms with Crippen LogP contribution in [0.3, 0.4) is 0 Å². The van der Waals surface area contributed by atoms with E-state index in [0.29, 0.717) is 11.2 Å². The van der Waals surface area contributed by atoms with E-state index in [-0.39, 0.29) is 11.5 Å². The van der Waals surface area contributed by atoms with Crippen molar-refractivity contribution in [3.63, 3.8) is 0 Å². The number of hydrogen-bond donors (Lipinski definition) is 3. The van der Waals surface area contributed by atoms with Gasteiger partial charge < -0.3 is 10.7 Å². The third kappa shape index (κ3) is 2.93. The summed E-state index contributed by atoms with van der Waals surface area (Å²) in [5.74, 6) is 6.05. The Morgan fingerprint density at radius 3 is 2.63 bits per heavy atom. The number of nitro groups is 1. The predicted octanol–water partition coefficient (Wildman–Crippen LogP) is 2.27. The van der Waals surface area contributed by atoms with E-state index in [9.17, 15) is 10.1 Å². The molecular weight excluding hydrogens is 246 g/mol. The lowest BCUT2D eigenvalue weighted by atomic mass is 9.67. The molecule has 1 aromatic rings. The molecule has 2 rings (SSSR count). The molecule has 1 heterocycles. The zero-order chi connectivity index (χ0) is 13.9. The summed E-state index contributed by atoms with van der Waals surface area (Å²) < 4.78 is 0. The lowest BCUT2D eigenvalue weighted by Gasteiger charge is -2.41. The standard InChI is InChI=1S/C12H19N5O2/c1-2-12(4-3-5-12)8-14-10-6-9(17(18)19)7-11(15-10)16-13/h6-7H,2-5,8,13H2,1H3,(H2,14,15,16). The van der Waals surface area contributed by atoms with Gasteiger partial charge in [0.2, 0.25) is 0 Å². The summed E-state index contributed by atoms with van der Waals surface area (Å²) in [6.45, 7) is 2.97. The second-order valence-electron chi connectivity index (χ2n) is 5.06. The maximum absolute atomic E-state index is 10.8. The maximum Gasteiger partial charge on any atom is 0.276 e. The average molecular weight is 265 g/mol. The molecule has 19 heavy (non-hydrogen) atoms. The molecule has 0 unspecified atom stereocenters. The van der Waals surface area contributed by atoms with Crippen LogP contribution in [0.25, 0.3) is 0 Å². The monoisotopic (exact) mass is 265 g/mol. The summed E-state index contributed by atoms with van der Waals surface area (Å²) >= 11 is 0. The van der Waals surface area contributed by atoms with Gasteiger partial charge in [0.1, 0.15) is 11.6 Å². The van der Waals surface area contributed by atoms with E-state index < -0.39 is 4.92 Å². The summed E-state index contributed by atoms with van der Waals surface area (Å²) in [6, 6.07) is 2.74. The van der Waals surface area contributed by atoms with Gasteiger partial charge in [0.15, 0.2) is 0 Å². The number of hydrazine groups is 1. The Morgan fingerprint density at radius 1 is 1.47 bits per heavy atom. The van der Waals surface area contributed by atoms with Crippen molar-refractivity contribution in [1.29, 1.82) is 0 Å². The number of rotatable bonds is 6. The molecule has 1 aliphatic carbocycles. The van der Waals surface area contributed by atoms with Crippen molar-refractivity contribution in [1.82, 2.24) is 4.98 Å². The number of aromatic nitrogens is 1. The minimum absolute atomic E-state index is 0.0235. The smallest absolute Gasteiger partial charge is 0.276 e. The third-order valence-electron chi connectivity index (χ3n) is 3.98. The van der Waals surface area contributed by atoms with Crippen molar-refractivity contribution in [2.75, 3.05) is 17.3 Å². The molecule has 4 N–H and O–H groups in total. The molecule has 1 saturated carbocycles. The molecule has 0 atom stereocenters. The van der Waals surface area contributed by atoms with Gasteiger partial charge in [-0.25, -0.2) is 10.8 Å².